The quantitative estimate of drug-likeness (QED) is 0.564. The average molecular weight is 479 g/mol. The molecule has 1 aliphatic rings. The molecule has 3 aromatic carbocycles. The highest BCUT2D eigenvalue weighted by molar-refractivity contribution is 7.89. The third-order valence-electron chi connectivity index (χ3n) is 5.10. The molecule has 160 valence electrons. The van der Waals surface area contributed by atoms with Gasteiger partial charge in [0.25, 0.3) is 5.91 Å². The molecule has 4 rings (SSSR count). The van der Waals surface area contributed by atoms with E-state index >= 15 is 0 Å². The van der Waals surface area contributed by atoms with E-state index in [2.05, 4.69) is 5.32 Å². The molecule has 0 spiro atoms. The van der Waals surface area contributed by atoms with Crippen LogP contribution >= 0.6 is 23.2 Å². The van der Waals surface area contributed by atoms with E-state index < -0.39 is 21.7 Å². The minimum absolute atomic E-state index is 0.0508. The van der Waals surface area contributed by atoms with Gasteiger partial charge >= 0.3 is 0 Å². The predicted molar refractivity (Wildman–Crippen MR) is 119 cm³/mol. The zero-order valence-electron chi connectivity index (χ0n) is 16.1. The summed E-state index contributed by atoms with van der Waals surface area (Å²) < 4.78 is 41.8. The Bertz CT molecular complexity index is 1280. The molecule has 9 heteroatoms. The summed E-state index contributed by atoms with van der Waals surface area (Å²) in [6.07, 6.45) is 0.603. The second-order valence-corrected chi connectivity index (χ2v) is 9.86. The highest BCUT2D eigenvalue weighted by Crippen LogP contribution is 2.28. The molecule has 31 heavy (non-hydrogen) atoms. The van der Waals surface area contributed by atoms with Crippen molar-refractivity contribution in [3.05, 3.63) is 93.2 Å². The van der Waals surface area contributed by atoms with Gasteiger partial charge in [0.2, 0.25) is 10.0 Å². The van der Waals surface area contributed by atoms with Crippen molar-refractivity contribution >= 4 is 44.8 Å². The SMILES string of the molecule is O=C(Nc1ccc(Cl)cc1F)c1cc(S(=O)(=O)N2CCc3ccccc3C2)ccc1Cl. The monoisotopic (exact) mass is 478 g/mol. The second-order valence-electron chi connectivity index (χ2n) is 7.08. The average Bonchev–Trinajstić information content (AvgIpc) is 2.75. The van der Waals surface area contributed by atoms with Gasteiger partial charge in [0, 0.05) is 18.1 Å². The molecule has 0 atom stereocenters. The van der Waals surface area contributed by atoms with Gasteiger partial charge in [-0.2, -0.15) is 4.31 Å². The molecule has 1 heterocycles. The van der Waals surface area contributed by atoms with Crippen molar-refractivity contribution in [2.75, 3.05) is 11.9 Å². The first-order valence-electron chi connectivity index (χ1n) is 9.38. The third-order valence-corrected chi connectivity index (χ3v) is 7.50. The lowest BCUT2D eigenvalue weighted by molar-refractivity contribution is 0.102. The molecular weight excluding hydrogens is 462 g/mol. The van der Waals surface area contributed by atoms with Gasteiger partial charge in [0.1, 0.15) is 5.82 Å². The zero-order chi connectivity index (χ0) is 22.2. The van der Waals surface area contributed by atoms with Crippen LogP contribution in [-0.4, -0.2) is 25.2 Å². The fourth-order valence-corrected chi connectivity index (χ4v) is 5.25. The van der Waals surface area contributed by atoms with Gasteiger partial charge in [0.15, 0.2) is 0 Å². The summed E-state index contributed by atoms with van der Waals surface area (Å²) in [6, 6.07) is 15.4. The largest absolute Gasteiger partial charge is 0.319 e. The van der Waals surface area contributed by atoms with E-state index in [9.17, 15) is 17.6 Å². The number of anilines is 1. The normalized spacial score (nSPS) is 14.2. The Morgan fingerprint density at radius 3 is 2.48 bits per heavy atom. The molecule has 0 fully saturated rings. The van der Waals surface area contributed by atoms with Crippen molar-refractivity contribution in [2.24, 2.45) is 0 Å². The number of fused-ring (bicyclic) bond motifs is 1. The Hall–Kier alpha value is -2.45. The number of rotatable bonds is 4. The van der Waals surface area contributed by atoms with E-state index in [0.717, 1.165) is 17.2 Å². The summed E-state index contributed by atoms with van der Waals surface area (Å²) >= 11 is 11.9. The number of halogens is 3. The number of sulfonamides is 1. The third kappa shape index (κ3) is 4.45. The Morgan fingerprint density at radius 2 is 1.74 bits per heavy atom. The van der Waals surface area contributed by atoms with Crippen LogP contribution in [0.3, 0.4) is 0 Å². The lowest BCUT2D eigenvalue weighted by Crippen LogP contribution is -2.36. The maximum atomic E-state index is 14.0. The van der Waals surface area contributed by atoms with Gasteiger partial charge in [-0.15, -0.1) is 0 Å². The summed E-state index contributed by atoms with van der Waals surface area (Å²) in [4.78, 5) is 12.6. The van der Waals surface area contributed by atoms with Crippen LogP contribution in [-0.2, 0) is 23.0 Å². The van der Waals surface area contributed by atoms with E-state index in [1.165, 1.54) is 34.6 Å². The van der Waals surface area contributed by atoms with Crippen LogP contribution in [0.15, 0.2) is 65.6 Å². The minimum Gasteiger partial charge on any atom is -0.319 e. The lowest BCUT2D eigenvalue weighted by Gasteiger charge is -2.28. The molecular formula is C22H17Cl2FN2O3S. The van der Waals surface area contributed by atoms with Gasteiger partial charge < -0.3 is 5.32 Å². The summed E-state index contributed by atoms with van der Waals surface area (Å²) in [6.45, 7) is 0.581. The second kappa shape index (κ2) is 8.59. The summed E-state index contributed by atoms with van der Waals surface area (Å²) in [5.41, 5.74) is 1.90. The van der Waals surface area contributed by atoms with Crippen LogP contribution in [0.2, 0.25) is 10.0 Å². The summed E-state index contributed by atoms with van der Waals surface area (Å²) in [5.74, 6) is -1.44. The van der Waals surface area contributed by atoms with E-state index in [-0.39, 0.29) is 32.7 Å². The maximum Gasteiger partial charge on any atom is 0.257 e. The van der Waals surface area contributed by atoms with Crippen molar-refractivity contribution in [3.63, 3.8) is 0 Å². The predicted octanol–water partition coefficient (Wildman–Crippen LogP) is 5.13. The number of carbonyl (C=O) groups excluding carboxylic acids is 1. The van der Waals surface area contributed by atoms with Crippen LogP contribution in [0.4, 0.5) is 10.1 Å². The number of nitrogens with one attached hydrogen (secondary N) is 1. The fourth-order valence-electron chi connectivity index (χ4n) is 3.44. The molecule has 5 nitrogen and oxygen atoms in total. The smallest absolute Gasteiger partial charge is 0.257 e. The van der Waals surface area contributed by atoms with Crippen molar-refractivity contribution < 1.29 is 17.6 Å². The van der Waals surface area contributed by atoms with Crippen LogP contribution in [0, 0.1) is 5.82 Å². The fraction of sp³-hybridized carbons (Fsp3) is 0.136. The zero-order valence-corrected chi connectivity index (χ0v) is 18.4. The Balaban J connectivity index is 1.62. The standard InChI is InChI=1S/C22H17Cl2FN2O3S/c23-16-5-8-21(20(25)11-16)26-22(28)18-12-17(6-7-19(18)24)31(29,30)27-10-9-14-3-1-2-4-15(14)13-27/h1-8,11-12H,9-10,13H2,(H,26,28). The first-order valence-corrected chi connectivity index (χ1v) is 11.6. The van der Waals surface area contributed by atoms with E-state index in [1.807, 2.05) is 24.3 Å². The number of hydrogen-bond acceptors (Lipinski definition) is 3. The highest BCUT2D eigenvalue weighted by atomic mass is 35.5. The molecule has 1 amide bonds. The van der Waals surface area contributed by atoms with Gasteiger partial charge in [0.05, 0.1) is 21.2 Å². The molecule has 3 aromatic rings. The number of amides is 1. The number of nitrogens with zero attached hydrogens (tertiary/aromatic N) is 1. The van der Waals surface area contributed by atoms with Crippen molar-refractivity contribution in [1.82, 2.24) is 4.31 Å². The molecule has 0 bridgehead atoms. The van der Waals surface area contributed by atoms with Crippen molar-refractivity contribution in [3.8, 4) is 0 Å². The van der Waals surface area contributed by atoms with Gasteiger partial charge in [-0.25, -0.2) is 12.8 Å². The summed E-state index contributed by atoms with van der Waals surface area (Å²) in [5, 5.41) is 2.64. The first kappa shape index (κ1) is 21.8. The van der Waals surface area contributed by atoms with Crippen LogP contribution < -0.4 is 5.32 Å². The molecule has 1 N–H and O–H groups in total. The van der Waals surface area contributed by atoms with Gasteiger partial charge in [-0.05, 0) is 53.9 Å². The molecule has 0 aromatic heterocycles. The topological polar surface area (TPSA) is 66.5 Å². The Labute approximate surface area is 189 Å². The van der Waals surface area contributed by atoms with E-state index in [4.69, 9.17) is 23.2 Å². The van der Waals surface area contributed by atoms with Crippen molar-refractivity contribution in [2.45, 2.75) is 17.9 Å². The first-order chi connectivity index (χ1) is 14.8. The number of carbonyl (C=O) groups is 1. The van der Waals surface area contributed by atoms with E-state index in [1.54, 1.807) is 0 Å². The highest BCUT2D eigenvalue weighted by Gasteiger charge is 2.29. The molecule has 0 unspecified atom stereocenters. The van der Waals surface area contributed by atoms with Gasteiger partial charge in [-0.1, -0.05) is 47.5 Å². The van der Waals surface area contributed by atoms with E-state index in [0.29, 0.717) is 13.0 Å². The summed E-state index contributed by atoms with van der Waals surface area (Å²) in [7, 11) is -3.86. The van der Waals surface area contributed by atoms with Crippen molar-refractivity contribution in [1.29, 1.82) is 0 Å². The van der Waals surface area contributed by atoms with Crippen LogP contribution in [0.5, 0.6) is 0 Å². The number of benzene rings is 3. The van der Waals surface area contributed by atoms with Gasteiger partial charge in [-0.3, -0.25) is 4.79 Å². The number of hydrogen-bond donors (Lipinski definition) is 1. The van der Waals surface area contributed by atoms with Crippen LogP contribution in [0.25, 0.3) is 0 Å². The molecule has 0 saturated heterocycles. The molecule has 0 saturated carbocycles. The molecule has 1 aliphatic heterocycles. The maximum absolute atomic E-state index is 14.0. The molecule has 0 radical (unpaired) electrons. The Morgan fingerprint density at radius 1 is 1.00 bits per heavy atom. The molecule has 0 aliphatic carbocycles. The lowest BCUT2D eigenvalue weighted by atomic mass is 10.0. The Kier molecular flexibility index (Phi) is 6.03. The van der Waals surface area contributed by atoms with Crippen LogP contribution in [0.1, 0.15) is 21.5 Å². The minimum atomic E-state index is -3.86.